The number of aromatic hydroxyl groups is 1. The van der Waals surface area contributed by atoms with E-state index in [-0.39, 0.29) is 11.7 Å². The highest BCUT2D eigenvalue weighted by molar-refractivity contribution is 5.94. The molecular formula is C15H17N3O2. The van der Waals surface area contributed by atoms with Crippen molar-refractivity contribution in [2.75, 3.05) is 7.05 Å². The number of benzene rings is 1. The highest BCUT2D eigenvalue weighted by atomic mass is 16.3. The van der Waals surface area contributed by atoms with Gasteiger partial charge in [0.2, 0.25) is 0 Å². The number of carbonyl (C=O) groups excluding carboxylic acids is 1. The van der Waals surface area contributed by atoms with Gasteiger partial charge in [-0.05, 0) is 29.8 Å². The minimum Gasteiger partial charge on any atom is -0.508 e. The lowest BCUT2D eigenvalue weighted by molar-refractivity contribution is 0.0785. The molecule has 104 valence electrons. The summed E-state index contributed by atoms with van der Waals surface area (Å²) in [6.45, 7) is 0.780. The molecule has 1 aromatic heterocycles. The minimum atomic E-state index is -0.0878. The van der Waals surface area contributed by atoms with Crippen LogP contribution < -0.4 is 5.73 Å². The molecule has 20 heavy (non-hydrogen) atoms. The summed E-state index contributed by atoms with van der Waals surface area (Å²) in [5.74, 6) is 0.125. The molecule has 0 aliphatic carbocycles. The monoisotopic (exact) mass is 271 g/mol. The van der Waals surface area contributed by atoms with Crippen LogP contribution in [0.25, 0.3) is 0 Å². The Morgan fingerprint density at radius 2 is 2.00 bits per heavy atom. The molecule has 5 nitrogen and oxygen atoms in total. The van der Waals surface area contributed by atoms with Crippen LogP contribution in [0.2, 0.25) is 0 Å². The molecule has 0 aliphatic rings. The number of nitrogens with zero attached hydrogens (tertiary/aromatic N) is 2. The van der Waals surface area contributed by atoms with Gasteiger partial charge >= 0.3 is 0 Å². The number of hydrogen-bond acceptors (Lipinski definition) is 4. The second-order valence-electron chi connectivity index (χ2n) is 4.57. The third-order valence-electron chi connectivity index (χ3n) is 2.98. The molecule has 0 radical (unpaired) electrons. The number of carbonyl (C=O) groups is 1. The van der Waals surface area contributed by atoms with Crippen molar-refractivity contribution >= 4 is 5.91 Å². The zero-order valence-electron chi connectivity index (χ0n) is 11.3. The molecular weight excluding hydrogens is 254 g/mol. The normalized spacial score (nSPS) is 10.3. The number of nitrogens with two attached hydrogens (primary N) is 1. The zero-order valence-corrected chi connectivity index (χ0v) is 11.3. The summed E-state index contributed by atoms with van der Waals surface area (Å²) >= 11 is 0. The second kappa shape index (κ2) is 6.16. The zero-order chi connectivity index (χ0) is 14.5. The number of hydrogen-bond donors (Lipinski definition) is 2. The predicted octanol–water partition coefficient (Wildman–Crippen LogP) is 1.52. The Morgan fingerprint density at radius 3 is 2.65 bits per heavy atom. The first-order valence-corrected chi connectivity index (χ1v) is 6.28. The van der Waals surface area contributed by atoms with E-state index in [9.17, 15) is 9.90 Å². The molecule has 0 atom stereocenters. The van der Waals surface area contributed by atoms with Gasteiger partial charge in [-0.2, -0.15) is 0 Å². The number of phenols is 1. The first-order chi connectivity index (χ1) is 9.60. The van der Waals surface area contributed by atoms with Gasteiger partial charge in [0, 0.05) is 31.9 Å². The van der Waals surface area contributed by atoms with Gasteiger partial charge in [0.05, 0.1) is 5.69 Å². The molecule has 1 heterocycles. The molecule has 5 heteroatoms. The van der Waals surface area contributed by atoms with Crippen LogP contribution in [0, 0.1) is 0 Å². The molecule has 0 aliphatic heterocycles. The van der Waals surface area contributed by atoms with Crippen molar-refractivity contribution in [2.45, 2.75) is 13.1 Å². The van der Waals surface area contributed by atoms with Crippen molar-refractivity contribution in [2.24, 2.45) is 5.73 Å². The van der Waals surface area contributed by atoms with E-state index in [1.54, 1.807) is 54.5 Å². The maximum atomic E-state index is 12.3. The highest BCUT2D eigenvalue weighted by Gasteiger charge is 2.12. The maximum Gasteiger partial charge on any atom is 0.254 e. The van der Waals surface area contributed by atoms with Crippen LogP contribution in [0.3, 0.4) is 0 Å². The van der Waals surface area contributed by atoms with Crippen LogP contribution in [0.15, 0.2) is 42.6 Å². The summed E-state index contributed by atoms with van der Waals surface area (Å²) in [6, 6.07) is 10.2. The van der Waals surface area contributed by atoms with Crippen LogP contribution in [0.1, 0.15) is 21.6 Å². The summed E-state index contributed by atoms with van der Waals surface area (Å²) in [5, 5.41) is 9.24. The smallest absolute Gasteiger partial charge is 0.254 e. The summed E-state index contributed by atoms with van der Waals surface area (Å²) < 4.78 is 0. The van der Waals surface area contributed by atoms with Gasteiger partial charge in [0.25, 0.3) is 5.91 Å². The van der Waals surface area contributed by atoms with Gasteiger partial charge in [-0.15, -0.1) is 0 Å². The Labute approximate surface area is 117 Å². The highest BCUT2D eigenvalue weighted by Crippen LogP contribution is 2.13. The Hall–Kier alpha value is -2.40. The van der Waals surface area contributed by atoms with E-state index in [0.29, 0.717) is 24.3 Å². The average Bonchev–Trinajstić information content (AvgIpc) is 2.48. The summed E-state index contributed by atoms with van der Waals surface area (Å²) in [6.07, 6.45) is 1.59. The number of pyridine rings is 1. The summed E-state index contributed by atoms with van der Waals surface area (Å²) in [5.41, 5.74) is 7.73. The molecule has 0 fully saturated rings. The molecule has 2 aromatic rings. The molecule has 1 aromatic carbocycles. The lowest BCUT2D eigenvalue weighted by Gasteiger charge is -2.17. The Balaban J connectivity index is 2.09. The van der Waals surface area contributed by atoms with E-state index in [1.807, 2.05) is 0 Å². The van der Waals surface area contributed by atoms with Crippen molar-refractivity contribution in [3.63, 3.8) is 0 Å². The van der Waals surface area contributed by atoms with E-state index < -0.39 is 0 Å². The summed E-state index contributed by atoms with van der Waals surface area (Å²) in [7, 11) is 1.73. The molecule has 0 unspecified atom stereocenters. The van der Waals surface area contributed by atoms with Crippen LogP contribution in [-0.4, -0.2) is 27.9 Å². The van der Waals surface area contributed by atoms with Crippen molar-refractivity contribution in [1.82, 2.24) is 9.88 Å². The Bertz CT molecular complexity index is 596. The Kier molecular flexibility index (Phi) is 4.32. The van der Waals surface area contributed by atoms with Crippen LogP contribution >= 0.6 is 0 Å². The lowest BCUT2D eigenvalue weighted by atomic mass is 10.1. The number of phenolic OH excluding ortho intramolecular Hbond substituents is 1. The third kappa shape index (κ3) is 3.33. The fourth-order valence-corrected chi connectivity index (χ4v) is 1.89. The maximum absolute atomic E-state index is 12.3. The van der Waals surface area contributed by atoms with Crippen molar-refractivity contribution in [1.29, 1.82) is 0 Å². The van der Waals surface area contributed by atoms with E-state index in [0.717, 1.165) is 5.56 Å². The van der Waals surface area contributed by atoms with Crippen molar-refractivity contribution in [3.05, 3.63) is 59.4 Å². The lowest BCUT2D eigenvalue weighted by Crippen LogP contribution is -2.26. The van der Waals surface area contributed by atoms with E-state index in [4.69, 9.17) is 5.73 Å². The van der Waals surface area contributed by atoms with Gasteiger partial charge in [-0.1, -0.05) is 12.1 Å². The number of aromatic nitrogens is 1. The third-order valence-corrected chi connectivity index (χ3v) is 2.98. The van der Waals surface area contributed by atoms with E-state index in [2.05, 4.69) is 4.98 Å². The fourth-order valence-electron chi connectivity index (χ4n) is 1.89. The average molecular weight is 271 g/mol. The van der Waals surface area contributed by atoms with Gasteiger partial charge in [-0.25, -0.2) is 0 Å². The molecule has 0 spiro atoms. The largest absolute Gasteiger partial charge is 0.508 e. The summed E-state index contributed by atoms with van der Waals surface area (Å²) in [4.78, 5) is 18.0. The van der Waals surface area contributed by atoms with Gasteiger partial charge in [0.15, 0.2) is 0 Å². The van der Waals surface area contributed by atoms with Gasteiger partial charge < -0.3 is 15.7 Å². The first kappa shape index (κ1) is 14.0. The SMILES string of the molecule is CN(Cc1ccc(O)cc1)C(=O)c1ccnc(CN)c1. The van der Waals surface area contributed by atoms with Gasteiger partial charge in [0.1, 0.15) is 5.75 Å². The molecule has 1 amide bonds. The number of rotatable bonds is 4. The van der Waals surface area contributed by atoms with Crippen LogP contribution in [-0.2, 0) is 13.1 Å². The fraction of sp³-hybridized carbons (Fsp3) is 0.200. The standard InChI is InChI=1S/C15H17N3O2/c1-18(10-11-2-4-14(19)5-3-11)15(20)12-6-7-17-13(8-12)9-16/h2-8,19H,9-10,16H2,1H3. The molecule has 0 saturated heterocycles. The molecule has 2 rings (SSSR count). The van der Waals surface area contributed by atoms with Crippen molar-refractivity contribution < 1.29 is 9.90 Å². The molecule has 0 bridgehead atoms. The van der Waals surface area contributed by atoms with Crippen molar-refractivity contribution in [3.8, 4) is 5.75 Å². The van der Waals surface area contributed by atoms with E-state index in [1.165, 1.54) is 0 Å². The van der Waals surface area contributed by atoms with E-state index >= 15 is 0 Å². The first-order valence-electron chi connectivity index (χ1n) is 6.28. The quantitative estimate of drug-likeness (QED) is 0.883. The second-order valence-corrected chi connectivity index (χ2v) is 4.57. The molecule has 0 saturated carbocycles. The van der Waals surface area contributed by atoms with Gasteiger partial charge in [-0.3, -0.25) is 9.78 Å². The number of amides is 1. The van der Waals surface area contributed by atoms with Crippen LogP contribution in [0.4, 0.5) is 0 Å². The minimum absolute atomic E-state index is 0.0878. The molecule has 3 N–H and O–H groups in total. The Morgan fingerprint density at radius 1 is 1.30 bits per heavy atom. The topological polar surface area (TPSA) is 79.5 Å². The van der Waals surface area contributed by atoms with Crippen LogP contribution in [0.5, 0.6) is 5.75 Å². The predicted molar refractivity (Wildman–Crippen MR) is 76.0 cm³/mol.